The summed E-state index contributed by atoms with van der Waals surface area (Å²) in [6.45, 7) is 7.98. The minimum Gasteiger partial charge on any atom is -0.467 e. The highest BCUT2D eigenvalue weighted by atomic mass is 16.5. The van der Waals surface area contributed by atoms with Crippen LogP contribution in [0.3, 0.4) is 0 Å². The normalized spacial score (nSPS) is 14.6. The number of ether oxygens (including phenoxy) is 1. The topological polar surface area (TPSA) is 58.6 Å². The van der Waals surface area contributed by atoms with E-state index < -0.39 is 11.6 Å². The minimum absolute atomic E-state index is 0.106. The van der Waals surface area contributed by atoms with Gasteiger partial charge in [-0.15, -0.1) is 0 Å². The van der Waals surface area contributed by atoms with Crippen LogP contribution in [0.15, 0.2) is 24.3 Å². The van der Waals surface area contributed by atoms with E-state index in [0.717, 1.165) is 5.69 Å². The van der Waals surface area contributed by atoms with Crippen molar-refractivity contribution in [3.8, 4) is 0 Å². The molecule has 0 radical (unpaired) electrons. The van der Waals surface area contributed by atoms with Gasteiger partial charge in [0.05, 0.1) is 13.7 Å². The first kappa shape index (κ1) is 15.5. The first-order chi connectivity index (χ1) is 8.66. The van der Waals surface area contributed by atoms with Crippen LogP contribution in [0.4, 0.5) is 5.69 Å². The van der Waals surface area contributed by atoms with Gasteiger partial charge in [-0.25, -0.2) is 4.79 Å². The molecule has 1 aromatic carbocycles. The average molecular weight is 265 g/mol. The van der Waals surface area contributed by atoms with Crippen LogP contribution < -0.4 is 5.32 Å². The van der Waals surface area contributed by atoms with Gasteiger partial charge in [0, 0.05) is 5.69 Å². The Kier molecular flexibility index (Phi) is 4.58. The Labute approximate surface area is 114 Å². The SMILES string of the molecule is COC(=O)C(C)(O)CNc1ccc(C(C)(C)C)cc1. The van der Waals surface area contributed by atoms with Gasteiger partial charge in [0.15, 0.2) is 5.60 Å². The fraction of sp³-hybridized carbons (Fsp3) is 0.533. The summed E-state index contributed by atoms with van der Waals surface area (Å²) in [6, 6.07) is 7.95. The maximum Gasteiger partial charge on any atom is 0.339 e. The molecule has 1 rings (SSSR count). The zero-order valence-electron chi connectivity index (χ0n) is 12.3. The van der Waals surface area contributed by atoms with Crippen LogP contribution in [0.5, 0.6) is 0 Å². The molecule has 1 atom stereocenters. The van der Waals surface area contributed by atoms with Crippen LogP contribution in [0, 0.1) is 0 Å². The Morgan fingerprint density at radius 1 is 1.21 bits per heavy atom. The Morgan fingerprint density at radius 2 is 1.74 bits per heavy atom. The highest BCUT2D eigenvalue weighted by molar-refractivity contribution is 5.79. The van der Waals surface area contributed by atoms with Crippen molar-refractivity contribution >= 4 is 11.7 Å². The Bertz CT molecular complexity index is 430. The van der Waals surface area contributed by atoms with Crippen molar-refractivity contribution < 1.29 is 14.6 Å². The Hall–Kier alpha value is -1.55. The number of aliphatic hydroxyl groups is 1. The van der Waals surface area contributed by atoms with E-state index >= 15 is 0 Å². The summed E-state index contributed by atoms with van der Waals surface area (Å²) in [6.07, 6.45) is 0. The number of carbonyl (C=O) groups is 1. The lowest BCUT2D eigenvalue weighted by molar-refractivity contribution is -0.158. The second-order valence-electron chi connectivity index (χ2n) is 5.95. The third-order valence-corrected chi connectivity index (χ3v) is 3.01. The Balaban J connectivity index is 2.67. The van der Waals surface area contributed by atoms with Gasteiger partial charge < -0.3 is 15.2 Å². The summed E-state index contributed by atoms with van der Waals surface area (Å²) >= 11 is 0. The molecule has 0 fully saturated rings. The molecule has 0 aliphatic carbocycles. The van der Waals surface area contributed by atoms with Gasteiger partial charge in [-0.2, -0.15) is 0 Å². The van der Waals surface area contributed by atoms with Crippen molar-refractivity contribution in [1.82, 2.24) is 0 Å². The molecule has 2 N–H and O–H groups in total. The van der Waals surface area contributed by atoms with Gasteiger partial charge in [0.25, 0.3) is 0 Å². The summed E-state index contributed by atoms with van der Waals surface area (Å²) in [4.78, 5) is 11.3. The summed E-state index contributed by atoms with van der Waals surface area (Å²) in [5.41, 5.74) is 0.669. The van der Waals surface area contributed by atoms with E-state index in [1.54, 1.807) is 0 Å². The lowest BCUT2D eigenvalue weighted by Gasteiger charge is -2.22. The summed E-state index contributed by atoms with van der Waals surface area (Å²) < 4.78 is 4.54. The summed E-state index contributed by atoms with van der Waals surface area (Å²) in [5, 5.41) is 12.9. The fourth-order valence-electron chi connectivity index (χ4n) is 1.65. The molecule has 4 nitrogen and oxygen atoms in total. The van der Waals surface area contributed by atoms with E-state index in [1.807, 2.05) is 24.3 Å². The quantitative estimate of drug-likeness (QED) is 0.820. The van der Waals surface area contributed by atoms with Gasteiger partial charge in [0.2, 0.25) is 0 Å². The molecular weight excluding hydrogens is 242 g/mol. The second kappa shape index (κ2) is 5.61. The molecule has 0 bridgehead atoms. The van der Waals surface area contributed by atoms with E-state index in [4.69, 9.17) is 0 Å². The third-order valence-electron chi connectivity index (χ3n) is 3.01. The standard InChI is InChI=1S/C15H23NO3/c1-14(2,3)11-6-8-12(9-7-11)16-10-15(4,18)13(17)19-5/h6-9,16,18H,10H2,1-5H3. The summed E-state index contributed by atoms with van der Waals surface area (Å²) in [7, 11) is 1.26. The fourth-order valence-corrected chi connectivity index (χ4v) is 1.65. The van der Waals surface area contributed by atoms with E-state index in [-0.39, 0.29) is 12.0 Å². The smallest absolute Gasteiger partial charge is 0.339 e. The van der Waals surface area contributed by atoms with Crippen molar-refractivity contribution in [2.45, 2.75) is 38.7 Å². The van der Waals surface area contributed by atoms with Gasteiger partial charge in [0.1, 0.15) is 0 Å². The first-order valence-electron chi connectivity index (χ1n) is 6.32. The molecule has 106 valence electrons. The molecule has 0 amide bonds. The highest BCUT2D eigenvalue weighted by Gasteiger charge is 2.31. The highest BCUT2D eigenvalue weighted by Crippen LogP contribution is 2.23. The molecule has 0 saturated carbocycles. The van der Waals surface area contributed by atoms with Gasteiger partial charge in [-0.1, -0.05) is 32.9 Å². The van der Waals surface area contributed by atoms with Crippen LogP contribution in [0.25, 0.3) is 0 Å². The van der Waals surface area contributed by atoms with Gasteiger partial charge in [-0.3, -0.25) is 0 Å². The lowest BCUT2D eigenvalue weighted by atomic mass is 9.87. The van der Waals surface area contributed by atoms with Crippen molar-refractivity contribution in [2.24, 2.45) is 0 Å². The van der Waals surface area contributed by atoms with Crippen LogP contribution in [0.1, 0.15) is 33.3 Å². The number of benzene rings is 1. The molecule has 0 heterocycles. The number of methoxy groups -OCH3 is 1. The predicted molar refractivity (Wildman–Crippen MR) is 76.3 cm³/mol. The van der Waals surface area contributed by atoms with Crippen molar-refractivity contribution in [2.75, 3.05) is 19.0 Å². The molecule has 19 heavy (non-hydrogen) atoms. The molecule has 0 aromatic heterocycles. The number of carbonyl (C=O) groups excluding carboxylic acids is 1. The van der Waals surface area contributed by atoms with Gasteiger partial charge >= 0.3 is 5.97 Å². The monoisotopic (exact) mass is 265 g/mol. The number of hydrogen-bond donors (Lipinski definition) is 2. The number of anilines is 1. The van der Waals surface area contributed by atoms with Crippen molar-refractivity contribution in [3.05, 3.63) is 29.8 Å². The zero-order valence-corrected chi connectivity index (χ0v) is 12.3. The third kappa shape index (κ3) is 4.24. The lowest BCUT2D eigenvalue weighted by Crippen LogP contribution is -2.42. The number of nitrogens with one attached hydrogen (secondary N) is 1. The molecule has 0 saturated heterocycles. The first-order valence-corrected chi connectivity index (χ1v) is 6.32. The Morgan fingerprint density at radius 3 is 2.16 bits per heavy atom. The number of rotatable bonds is 4. The van der Waals surface area contributed by atoms with Crippen LogP contribution in [-0.4, -0.2) is 30.3 Å². The molecule has 1 unspecified atom stereocenters. The van der Waals surface area contributed by atoms with Crippen LogP contribution in [-0.2, 0) is 14.9 Å². The van der Waals surface area contributed by atoms with Crippen LogP contribution in [0.2, 0.25) is 0 Å². The molecule has 4 heteroatoms. The minimum atomic E-state index is -1.53. The average Bonchev–Trinajstić information content (AvgIpc) is 2.35. The molecular formula is C15H23NO3. The van der Waals surface area contributed by atoms with Crippen molar-refractivity contribution in [3.63, 3.8) is 0 Å². The molecule has 0 spiro atoms. The van der Waals surface area contributed by atoms with E-state index in [0.29, 0.717) is 0 Å². The van der Waals surface area contributed by atoms with Crippen molar-refractivity contribution in [1.29, 1.82) is 0 Å². The molecule has 1 aromatic rings. The number of hydrogen-bond acceptors (Lipinski definition) is 4. The van der Waals surface area contributed by atoms with E-state index in [9.17, 15) is 9.90 Å². The van der Waals surface area contributed by atoms with E-state index in [2.05, 4.69) is 30.8 Å². The summed E-state index contributed by atoms with van der Waals surface area (Å²) in [5.74, 6) is -0.647. The number of esters is 1. The largest absolute Gasteiger partial charge is 0.467 e. The van der Waals surface area contributed by atoms with Gasteiger partial charge in [-0.05, 0) is 30.0 Å². The zero-order chi connectivity index (χ0) is 14.7. The molecule has 0 aliphatic heterocycles. The second-order valence-corrected chi connectivity index (χ2v) is 5.95. The molecule has 0 aliphatic rings. The maximum absolute atomic E-state index is 11.3. The van der Waals surface area contributed by atoms with Crippen LogP contribution >= 0.6 is 0 Å². The maximum atomic E-state index is 11.3. The van der Waals surface area contributed by atoms with E-state index in [1.165, 1.54) is 19.6 Å². The predicted octanol–water partition coefficient (Wildman–Crippen LogP) is 2.32.